The van der Waals surface area contributed by atoms with E-state index in [1.54, 1.807) is 0 Å². The van der Waals surface area contributed by atoms with Crippen LogP contribution in [-0.2, 0) is 0 Å². The summed E-state index contributed by atoms with van der Waals surface area (Å²) in [5.41, 5.74) is 0.365. The minimum atomic E-state index is -2.56. The van der Waals surface area contributed by atoms with Gasteiger partial charge in [0.15, 0.2) is 5.69 Å². The van der Waals surface area contributed by atoms with Crippen LogP contribution in [0.4, 0.5) is 8.78 Å². The number of hydrogen-bond acceptors (Lipinski definition) is 3. The van der Waals surface area contributed by atoms with Crippen molar-refractivity contribution in [1.82, 2.24) is 9.97 Å². The molecule has 1 N–H and O–H groups in total. The van der Waals surface area contributed by atoms with E-state index in [2.05, 4.69) is 9.97 Å². The standard InChI is InChI=1S/C12H7ClF2N2O2/c13-12-16-8(5-9(17-12)11(18)19)6-1-3-7(4-2-6)10(14)15/h1-5,10H,(H,18,19). The lowest BCUT2D eigenvalue weighted by Crippen LogP contribution is -2.02. The molecule has 0 amide bonds. The van der Waals surface area contributed by atoms with Crippen molar-refractivity contribution in [3.63, 3.8) is 0 Å². The first-order valence-electron chi connectivity index (χ1n) is 5.13. The highest BCUT2D eigenvalue weighted by molar-refractivity contribution is 6.28. The molecule has 1 aromatic heterocycles. The minimum Gasteiger partial charge on any atom is -0.477 e. The first-order valence-corrected chi connectivity index (χ1v) is 5.51. The van der Waals surface area contributed by atoms with Crippen molar-refractivity contribution < 1.29 is 18.7 Å². The topological polar surface area (TPSA) is 63.1 Å². The maximum atomic E-state index is 12.4. The van der Waals surface area contributed by atoms with Crippen molar-refractivity contribution in [2.75, 3.05) is 0 Å². The van der Waals surface area contributed by atoms with Gasteiger partial charge < -0.3 is 5.11 Å². The Morgan fingerprint density at radius 1 is 1.21 bits per heavy atom. The zero-order valence-corrected chi connectivity index (χ0v) is 10.1. The van der Waals surface area contributed by atoms with Crippen LogP contribution in [0.25, 0.3) is 11.3 Å². The summed E-state index contributed by atoms with van der Waals surface area (Å²) in [6, 6.07) is 6.57. The first kappa shape index (κ1) is 13.4. The van der Waals surface area contributed by atoms with Gasteiger partial charge >= 0.3 is 5.97 Å². The molecule has 0 saturated heterocycles. The van der Waals surface area contributed by atoms with Gasteiger partial charge in [-0.3, -0.25) is 0 Å². The number of benzene rings is 1. The predicted molar refractivity (Wildman–Crippen MR) is 64.4 cm³/mol. The van der Waals surface area contributed by atoms with E-state index in [4.69, 9.17) is 16.7 Å². The van der Waals surface area contributed by atoms with Gasteiger partial charge in [0.2, 0.25) is 5.28 Å². The third-order valence-electron chi connectivity index (χ3n) is 2.38. The van der Waals surface area contributed by atoms with Gasteiger partial charge in [-0.25, -0.2) is 23.5 Å². The number of alkyl halides is 2. The number of halogens is 3. The number of aromatic carboxylic acids is 1. The van der Waals surface area contributed by atoms with Crippen LogP contribution < -0.4 is 0 Å². The Labute approximate surface area is 111 Å². The van der Waals surface area contributed by atoms with Gasteiger partial charge in [-0.15, -0.1) is 0 Å². The largest absolute Gasteiger partial charge is 0.477 e. The number of rotatable bonds is 3. The third-order valence-corrected chi connectivity index (χ3v) is 2.55. The van der Waals surface area contributed by atoms with E-state index in [0.29, 0.717) is 5.56 Å². The van der Waals surface area contributed by atoms with Crippen LogP contribution in [0.3, 0.4) is 0 Å². The van der Waals surface area contributed by atoms with Crippen LogP contribution in [0.1, 0.15) is 22.5 Å². The molecule has 2 aromatic rings. The van der Waals surface area contributed by atoms with Crippen molar-refractivity contribution in [2.45, 2.75) is 6.43 Å². The molecule has 4 nitrogen and oxygen atoms in total. The average Bonchev–Trinajstić information content (AvgIpc) is 2.38. The minimum absolute atomic E-state index is 0.123. The fraction of sp³-hybridized carbons (Fsp3) is 0.0833. The molecular weight excluding hydrogens is 278 g/mol. The molecule has 19 heavy (non-hydrogen) atoms. The molecule has 0 aliphatic heterocycles. The van der Waals surface area contributed by atoms with Crippen molar-refractivity contribution in [1.29, 1.82) is 0 Å². The van der Waals surface area contributed by atoms with Crippen LogP contribution in [0.5, 0.6) is 0 Å². The summed E-state index contributed by atoms with van der Waals surface area (Å²) < 4.78 is 24.8. The highest BCUT2D eigenvalue weighted by Crippen LogP contribution is 2.24. The molecule has 0 aliphatic rings. The molecular formula is C12H7ClF2N2O2. The highest BCUT2D eigenvalue weighted by Gasteiger charge is 2.12. The summed E-state index contributed by atoms with van der Waals surface area (Å²) in [6.45, 7) is 0. The van der Waals surface area contributed by atoms with Crippen molar-refractivity contribution in [3.05, 3.63) is 46.9 Å². The molecule has 0 unspecified atom stereocenters. The maximum absolute atomic E-state index is 12.4. The second-order valence-electron chi connectivity index (χ2n) is 3.64. The lowest BCUT2D eigenvalue weighted by Gasteiger charge is -2.04. The van der Waals surface area contributed by atoms with Gasteiger partial charge in [0.25, 0.3) is 6.43 Å². The average molecular weight is 285 g/mol. The summed E-state index contributed by atoms with van der Waals surface area (Å²) in [4.78, 5) is 18.2. The van der Waals surface area contributed by atoms with Crippen LogP contribution in [-0.4, -0.2) is 21.0 Å². The Kier molecular flexibility index (Phi) is 3.71. The van der Waals surface area contributed by atoms with Crippen LogP contribution >= 0.6 is 11.6 Å². The monoisotopic (exact) mass is 284 g/mol. The van der Waals surface area contributed by atoms with E-state index in [1.807, 2.05) is 0 Å². The molecule has 0 atom stereocenters. The molecule has 0 fully saturated rings. The summed E-state index contributed by atoms with van der Waals surface area (Å²) in [7, 11) is 0. The number of carboxylic acids is 1. The van der Waals surface area contributed by atoms with E-state index < -0.39 is 12.4 Å². The fourth-order valence-electron chi connectivity index (χ4n) is 1.47. The molecule has 0 spiro atoms. The molecule has 98 valence electrons. The molecule has 0 saturated carbocycles. The Morgan fingerprint density at radius 3 is 2.37 bits per heavy atom. The normalized spacial score (nSPS) is 10.7. The van der Waals surface area contributed by atoms with Crippen LogP contribution in [0.2, 0.25) is 5.28 Å². The first-order chi connectivity index (χ1) is 8.97. The second-order valence-corrected chi connectivity index (χ2v) is 3.97. The molecule has 7 heteroatoms. The van der Waals surface area contributed by atoms with Gasteiger partial charge in [-0.2, -0.15) is 0 Å². The van der Waals surface area contributed by atoms with Gasteiger partial charge in [-0.1, -0.05) is 24.3 Å². The molecule has 2 rings (SSSR count). The zero-order chi connectivity index (χ0) is 14.0. The Balaban J connectivity index is 2.43. The zero-order valence-electron chi connectivity index (χ0n) is 9.35. The Morgan fingerprint density at radius 2 is 1.84 bits per heavy atom. The van der Waals surface area contributed by atoms with E-state index in [9.17, 15) is 13.6 Å². The van der Waals surface area contributed by atoms with E-state index in [1.165, 1.54) is 30.3 Å². The predicted octanol–water partition coefficient (Wildman–Crippen LogP) is 3.43. The molecule has 0 aliphatic carbocycles. The summed E-state index contributed by atoms with van der Waals surface area (Å²) in [5.74, 6) is -1.24. The summed E-state index contributed by atoms with van der Waals surface area (Å²) >= 11 is 5.62. The molecule has 1 aromatic carbocycles. The smallest absolute Gasteiger partial charge is 0.354 e. The van der Waals surface area contributed by atoms with Gasteiger partial charge in [-0.05, 0) is 17.7 Å². The third kappa shape index (κ3) is 3.03. The Bertz CT molecular complexity index is 618. The Hall–Kier alpha value is -2.08. The number of nitrogens with zero attached hydrogens (tertiary/aromatic N) is 2. The fourth-order valence-corrected chi connectivity index (χ4v) is 1.66. The van der Waals surface area contributed by atoms with Crippen molar-refractivity contribution in [2.24, 2.45) is 0 Å². The number of carbonyl (C=O) groups is 1. The van der Waals surface area contributed by atoms with Crippen LogP contribution in [0.15, 0.2) is 30.3 Å². The highest BCUT2D eigenvalue weighted by atomic mass is 35.5. The number of aromatic nitrogens is 2. The molecule has 0 radical (unpaired) electrons. The van der Waals surface area contributed by atoms with Gasteiger partial charge in [0, 0.05) is 11.1 Å². The van der Waals surface area contributed by atoms with E-state index in [0.717, 1.165) is 0 Å². The second kappa shape index (κ2) is 5.27. The molecule has 0 bridgehead atoms. The maximum Gasteiger partial charge on any atom is 0.354 e. The lowest BCUT2D eigenvalue weighted by atomic mass is 10.1. The summed E-state index contributed by atoms with van der Waals surface area (Å²) in [6.07, 6.45) is -2.56. The van der Waals surface area contributed by atoms with Crippen LogP contribution in [0, 0.1) is 0 Å². The van der Waals surface area contributed by atoms with E-state index >= 15 is 0 Å². The quantitative estimate of drug-likeness (QED) is 0.877. The van der Waals surface area contributed by atoms with Crippen molar-refractivity contribution >= 4 is 17.6 Å². The van der Waals surface area contributed by atoms with E-state index in [-0.39, 0.29) is 22.2 Å². The SMILES string of the molecule is O=C(O)c1cc(-c2ccc(C(F)F)cc2)nc(Cl)n1. The van der Waals surface area contributed by atoms with Gasteiger partial charge in [0.1, 0.15) is 0 Å². The molecule has 1 heterocycles. The lowest BCUT2D eigenvalue weighted by molar-refractivity contribution is 0.0690. The number of hydrogen-bond donors (Lipinski definition) is 1. The summed E-state index contributed by atoms with van der Waals surface area (Å²) in [5, 5.41) is 8.63. The number of carboxylic acid groups (broad SMARTS) is 1. The van der Waals surface area contributed by atoms with Crippen molar-refractivity contribution in [3.8, 4) is 11.3 Å². The van der Waals surface area contributed by atoms with Gasteiger partial charge in [0.05, 0.1) is 5.69 Å².